The molecule has 4 aliphatic carbocycles. The van der Waals surface area contributed by atoms with Gasteiger partial charge in [-0.25, -0.2) is 0 Å². The molecular formula is C27H48O2. The van der Waals surface area contributed by atoms with E-state index >= 15 is 0 Å². The van der Waals surface area contributed by atoms with Crippen molar-refractivity contribution in [2.45, 2.75) is 123 Å². The first-order valence-electron chi connectivity index (χ1n) is 13.1. The second-order valence-corrected chi connectivity index (χ2v) is 12.4. The van der Waals surface area contributed by atoms with Crippen LogP contribution in [0, 0.1) is 46.3 Å². The van der Waals surface area contributed by atoms with Crippen molar-refractivity contribution in [1.82, 2.24) is 0 Å². The van der Waals surface area contributed by atoms with Crippen molar-refractivity contribution in [3.05, 3.63) is 0 Å². The van der Waals surface area contributed by atoms with Crippen molar-refractivity contribution in [2.75, 3.05) is 0 Å². The highest BCUT2D eigenvalue weighted by Gasteiger charge is 2.61. The lowest BCUT2D eigenvalue weighted by atomic mass is 9.43. The van der Waals surface area contributed by atoms with Gasteiger partial charge in [-0.05, 0) is 117 Å². The van der Waals surface area contributed by atoms with Gasteiger partial charge in [-0.1, -0.05) is 41.0 Å². The van der Waals surface area contributed by atoms with E-state index in [4.69, 9.17) is 0 Å². The molecule has 0 aromatic rings. The lowest BCUT2D eigenvalue weighted by molar-refractivity contribution is -0.154. The zero-order chi connectivity index (χ0) is 21.0. The number of hydrogen-bond acceptors (Lipinski definition) is 2. The summed E-state index contributed by atoms with van der Waals surface area (Å²) in [5, 5.41) is 21.7. The van der Waals surface area contributed by atoms with Gasteiger partial charge in [-0.2, -0.15) is 0 Å². The molecule has 4 rings (SSSR count). The molecule has 2 nitrogen and oxygen atoms in total. The molecule has 0 heterocycles. The fraction of sp³-hybridized carbons (Fsp3) is 1.00. The number of hydrogen-bond donors (Lipinski definition) is 2. The lowest BCUT2D eigenvalue weighted by Crippen LogP contribution is -2.56. The van der Waals surface area contributed by atoms with E-state index in [1.165, 1.54) is 44.9 Å². The van der Waals surface area contributed by atoms with Crippen LogP contribution in [0.5, 0.6) is 0 Å². The van der Waals surface area contributed by atoms with E-state index in [1.54, 1.807) is 0 Å². The summed E-state index contributed by atoms with van der Waals surface area (Å²) in [4.78, 5) is 0. The Morgan fingerprint density at radius 2 is 1.62 bits per heavy atom. The van der Waals surface area contributed by atoms with Gasteiger partial charge < -0.3 is 10.2 Å². The summed E-state index contributed by atoms with van der Waals surface area (Å²) in [6.07, 6.45) is 14.4. The van der Waals surface area contributed by atoms with Crippen molar-refractivity contribution in [2.24, 2.45) is 46.3 Å². The summed E-state index contributed by atoms with van der Waals surface area (Å²) >= 11 is 0. The van der Waals surface area contributed by atoms with E-state index in [0.29, 0.717) is 22.7 Å². The maximum absolute atomic E-state index is 11.0. The molecule has 10 atom stereocenters. The van der Waals surface area contributed by atoms with Crippen LogP contribution >= 0.6 is 0 Å². The molecule has 168 valence electrons. The van der Waals surface area contributed by atoms with Gasteiger partial charge >= 0.3 is 0 Å². The van der Waals surface area contributed by atoms with Gasteiger partial charge in [0.25, 0.3) is 0 Å². The fourth-order valence-corrected chi connectivity index (χ4v) is 9.37. The van der Waals surface area contributed by atoms with E-state index in [0.717, 1.165) is 55.8 Å². The van der Waals surface area contributed by atoms with E-state index in [2.05, 4.69) is 34.6 Å². The molecule has 0 aromatic heterocycles. The molecule has 2 heteroatoms. The van der Waals surface area contributed by atoms with Gasteiger partial charge in [-0.3, -0.25) is 0 Å². The van der Waals surface area contributed by atoms with Crippen molar-refractivity contribution < 1.29 is 10.2 Å². The number of aliphatic hydroxyl groups excluding tert-OH is 1. The van der Waals surface area contributed by atoms with Crippen LogP contribution in [-0.4, -0.2) is 21.9 Å². The topological polar surface area (TPSA) is 40.5 Å². The van der Waals surface area contributed by atoms with E-state index in [9.17, 15) is 10.2 Å². The third kappa shape index (κ3) is 3.43. The minimum Gasteiger partial charge on any atom is -0.393 e. The van der Waals surface area contributed by atoms with Crippen LogP contribution in [0.1, 0.15) is 112 Å². The van der Waals surface area contributed by atoms with Crippen molar-refractivity contribution in [3.63, 3.8) is 0 Å². The van der Waals surface area contributed by atoms with Crippen molar-refractivity contribution in [3.8, 4) is 0 Å². The molecule has 0 spiro atoms. The van der Waals surface area contributed by atoms with Crippen LogP contribution in [0.15, 0.2) is 0 Å². The van der Waals surface area contributed by atoms with Crippen LogP contribution in [0.4, 0.5) is 0 Å². The lowest BCUT2D eigenvalue weighted by Gasteiger charge is -2.62. The Morgan fingerprint density at radius 1 is 0.897 bits per heavy atom. The molecule has 0 radical (unpaired) electrons. The molecule has 0 saturated heterocycles. The predicted octanol–water partition coefficient (Wildman–Crippen LogP) is 6.58. The smallest absolute Gasteiger partial charge is 0.0648 e. The Hall–Kier alpha value is -0.0800. The highest BCUT2D eigenvalue weighted by Crippen LogP contribution is 2.69. The van der Waals surface area contributed by atoms with Gasteiger partial charge in [-0.15, -0.1) is 0 Å². The summed E-state index contributed by atoms with van der Waals surface area (Å²) in [6.45, 7) is 11.9. The molecule has 2 unspecified atom stereocenters. The number of aliphatic hydroxyl groups is 2. The zero-order valence-electron chi connectivity index (χ0n) is 19.9. The second kappa shape index (κ2) is 7.80. The number of fused-ring (bicyclic) bond motifs is 5. The SMILES string of the molecule is CCCC(O)C(C)[C@H]1CC[C@H]2[C@@H]3CC[C@H]4C[C@](O)(CC)CC[C@]4(C)[C@H]3CC[C@]12C. The average Bonchev–Trinajstić information content (AvgIpc) is 3.05. The Kier molecular flexibility index (Phi) is 5.95. The maximum Gasteiger partial charge on any atom is 0.0648 e. The fourth-order valence-electron chi connectivity index (χ4n) is 9.37. The average molecular weight is 405 g/mol. The van der Waals surface area contributed by atoms with Crippen LogP contribution < -0.4 is 0 Å². The molecule has 4 saturated carbocycles. The van der Waals surface area contributed by atoms with E-state index in [-0.39, 0.29) is 11.7 Å². The second-order valence-electron chi connectivity index (χ2n) is 12.4. The quantitative estimate of drug-likeness (QED) is 0.543. The van der Waals surface area contributed by atoms with E-state index in [1.807, 2.05) is 0 Å². The largest absolute Gasteiger partial charge is 0.393 e. The molecule has 4 aliphatic rings. The van der Waals surface area contributed by atoms with Crippen LogP contribution in [0.2, 0.25) is 0 Å². The monoisotopic (exact) mass is 404 g/mol. The minimum atomic E-state index is -0.385. The van der Waals surface area contributed by atoms with Crippen LogP contribution in [-0.2, 0) is 0 Å². The van der Waals surface area contributed by atoms with Gasteiger partial charge in [0.15, 0.2) is 0 Å². The molecule has 0 aromatic carbocycles. The summed E-state index contributed by atoms with van der Waals surface area (Å²) in [5.41, 5.74) is 0.512. The highest BCUT2D eigenvalue weighted by atomic mass is 16.3. The standard InChI is InChI=1S/C27H48O2/c1-6-8-24(28)18(3)21-11-12-22-20-10-9-19-17-27(29,7-2)16-15-25(19,4)23(20)13-14-26(21,22)5/h18-24,28-29H,6-17H2,1-5H3/t18?,19-,20-,21+,22-,23-,24?,25-,26+,27-/m0/s1. The first-order chi connectivity index (χ1) is 13.7. The Morgan fingerprint density at radius 3 is 2.31 bits per heavy atom. The Balaban J connectivity index is 1.53. The molecule has 2 N–H and O–H groups in total. The van der Waals surface area contributed by atoms with E-state index < -0.39 is 0 Å². The normalized spacial score (nSPS) is 51.6. The molecule has 0 bridgehead atoms. The third-order valence-electron chi connectivity index (χ3n) is 11.4. The molecule has 0 aliphatic heterocycles. The Bertz CT molecular complexity index is 589. The van der Waals surface area contributed by atoms with Crippen LogP contribution in [0.3, 0.4) is 0 Å². The third-order valence-corrected chi connectivity index (χ3v) is 11.4. The summed E-state index contributed by atoms with van der Waals surface area (Å²) in [7, 11) is 0. The highest BCUT2D eigenvalue weighted by molar-refractivity contribution is 5.11. The molecular weight excluding hydrogens is 356 g/mol. The molecule has 4 fully saturated rings. The summed E-state index contributed by atoms with van der Waals surface area (Å²) < 4.78 is 0. The van der Waals surface area contributed by atoms with Crippen LogP contribution in [0.25, 0.3) is 0 Å². The van der Waals surface area contributed by atoms with Gasteiger partial charge in [0.05, 0.1) is 11.7 Å². The first kappa shape index (κ1) is 22.1. The van der Waals surface area contributed by atoms with Gasteiger partial charge in [0.2, 0.25) is 0 Å². The Labute approximate surface area is 180 Å². The van der Waals surface area contributed by atoms with Gasteiger partial charge in [0, 0.05) is 0 Å². The summed E-state index contributed by atoms with van der Waals surface area (Å²) in [6, 6.07) is 0. The molecule has 29 heavy (non-hydrogen) atoms. The zero-order valence-corrected chi connectivity index (χ0v) is 19.9. The maximum atomic E-state index is 11.0. The van der Waals surface area contributed by atoms with Gasteiger partial charge in [0.1, 0.15) is 0 Å². The first-order valence-corrected chi connectivity index (χ1v) is 13.1. The minimum absolute atomic E-state index is 0.114. The van der Waals surface area contributed by atoms with Crippen molar-refractivity contribution in [1.29, 1.82) is 0 Å². The summed E-state index contributed by atoms with van der Waals surface area (Å²) in [5.74, 6) is 4.51. The predicted molar refractivity (Wildman–Crippen MR) is 121 cm³/mol. The van der Waals surface area contributed by atoms with Crippen molar-refractivity contribution >= 4 is 0 Å². The number of rotatable bonds is 5. The molecule has 0 amide bonds.